The van der Waals surface area contributed by atoms with Crippen molar-refractivity contribution in [1.82, 2.24) is 4.42 Å². The van der Waals surface area contributed by atoms with Crippen molar-refractivity contribution in [2.75, 3.05) is 13.1 Å². The summed E-state index contributed by atoms with van der Waals surface area (Å²) in [6, 6.07) is 0.441. The summed E-state index contributed by atoms with van der Waals surface area (Å²) in [7, 11) is 0. The Morgan fingerprint density at radius 1 is 1.67 bits per heavy atom. The monoisotopic (exact) mass is 329 g/mol. The molecular formula is C5H11ClN2Pt. The van der Waals surface area contributed by atoms with Crippen LogP contribution in [0.2, 0.25) is 0 Å². The van der Waals surface area contributed by atoms with Gasteiger partial charge in [0, 0.05) is 40.2 Å². The Morgan fingerprint density at radius 3 is 2.56 bits per heavy atom. The first-order valence-corrected chi connectivity index (χ1v) is 3.31. The van der Waals surface area contributed by atoms with E-state index in [2.05, 4.69) is 0 Å². The maximum Gasteiger partial charge on any atom is 0.0374 e. The van der Waals surface area contributed by atoms with Crippen LogP contribution in [0.15, 0.2) is 0 Å². The van der Waals surface area contributed by atoms with Crippen LogP contribution in [0.5, 0.6) is 0 Å². The Kier molecular flexibility index (Phi) is 5.14. The van der Waals surface area contributed by atoms with Gasteiger partial charge in [0.05, 0.1) is 0 Å². The van der Waals surface area contributed by atoms with Crippen LogP contribution >= 0.6 is 11.8 Å². The average Bonchev–Trinajstić information content (AvgIpc) is 2.14. The third-order valence-electron chi connectivity index (χ3n) is 1.58. The second-order valence-corrected chi connectivity index (χ2v) is 2.59. The van der Waals surface area contributed by atoms with E-state index in [0.717, 1.165) is 6.54 Å². The molecule has 0 bridgehead atoms. The van der Waals surface area contributed by atoms with E-state index in [9.17, 15) is 0 Å². The molecule has 1 aliphatic rings. The molecule has 58 valence electrons. The van der Waals surface area contributed by atoms with Crippen molar-refractivity contribution in [3.63, 3.8) is 0 Å². The fourth-order valence-corrected chi connectivity index (χ4v) is 1.33. The average molecular weight is 330 g/mol. The molecule has 1 unspecified atom stereocenters. The van der Waals surface area contributed by atoms with Gasteiger partial charge in [-0.3, -0.25) is 0 Å². The molecule has 0 spiro atoms. The predicted octanol–water partition coefficient (Wildman–Crippen LogP) is 0.561. The van der Waals surface area contributed by atoms with Crippen molar-refractivity contribution in [1.29, 1.82) is 0 Å². The molecule has 1 rings (SSSR count). The molecule has 1 fully saturated rings. The molecule has 1 saturated heterocycles. The second-order valence-electron chi connectivity index (χ2n) is 2.16. The normalized spacial score (nSPS) is 28.0. The van der Waals surface area contributed by atoms with Crippen LogP contribution in [0.4, 0.5) is 0 Å². The molecule has 0 saturated carbocycles. The molecule has 1 heterocycles. The van der Waals surface area contributed by atoms with Gasteiger partial charge in [-0.1, -0.05) is 0 Å². The minimum absolute atomic E-state index is 0. The first-order valence-electron chi connectivity index (χ1n) is 2.97. The summed E-state index contributed by atoms with van der Waals surface area (Å²) in [6.07, 6.45) is 2.37. The summed E-state index contributed by atoms with van der Waals surface area (Å²) in [5.41, 5.74) is 5.40. The summed E-state index contributed by atoms with van der Waals surface area (Å²) in [4.78, 5) is 0. The maximum absolute atomic E-state index is 5.73. The Morgan fingerprint density at radius 2 is 2.33 bits per heavy atom. The van der Waals surface area contributed by atoms with Crippen molar-refractivity contribution < 1.29 is 21.1 Å². The maximum atomic E-state index is 5.73. The van der Waals surface area contributed by atoms with Gasteiger partial charge in [0.2, 0.25) is 0 Å². The minimum atomic E-state index is 0. The number of hydrogen-bond acceptors (Lipinski definition) is 2. The van der Waals surface area contributed by atoms with Gasteiger partial charge in [0.25, 0.3) is 0 Å². The van der Waals surface area contributed by atoms with Crippen LogP contribution in [-0.2, 0) is 21.1 Å². The van der Waals surface area contributed by atoms with E-state index in [1.807, 2.05) is 0 Å². The van der Waals surface area contributed by atoms with Crippen LogP contribution in [0.25, 0.3) is 0 Å². The van der Waals surface area contributed by atoms with E-state index in [0.29, 0.717) is 12.6 Å². The molecule has 0 aromatic rings. The van der Waals surface area contributed by atoms with E-state index in [-0.39, 0.29) is 21.1 Å². The van der Waals surface area contributed by atoms with Gasteiger partial charge >= 0.3 is 0 Å². The summed E-state index contributed by atoms with van der Waals surface area (Å²) in [5, 5.41) is 0. The fraction of sp³-hybridized carbons (Fsp3) is 1.00. The van der Waals surface area contributed by atoms with Crippen molar-refractivity contribution in [3.8, 4) is 0 Å². The largest absolute Gasteiger partial charge is 0.329 e. The van der Waals surface area contributed by atoms with Crippen LogP contribution < -0.4 is 5.73 Å². The van der Waals surface area contributed by atoms with Gasteiger partial charge < -0.3 is 5.73 Å². The fourth-order valence-electron chi connectivity index (χ4n) is 1.03. The van der Waals surface area contributed by atoms with Crippen molar-refractivity contribution in [2.24, 2.45) is 5.73 Å². The number of rotatable bonds is 1. The molecule has 0 radical (unpaired) electrons. The summed E-state index contributed by atoms with van der Waals surface area (Å²) < 4.78 is 1.81. The van der Waals surface area contributed by atoms with Crippen LogP contribution in [0, 0.1) is 0 Å². The Labute approximate surface area is 75.1 Å². The van der Waals surface area contributed by atoms with Gasteiger partial charge in [-0.15, -0.1) is 0 Å². The summed E-state index contributed by atoms with van der Waals surface area (Å²) in [6.45, 7) is 1.70. The number of nitrogens with two attached hydrogens (primary N) is 1. The van der Waals surface area contributed by atoms with Crippen molar-refractivity contribution in [3.05, 3.63) is 0 Å². The molecule has 4 heteroatoms. The quantitative estimate of drug-likeness (QED) is 0.712. The number of hydrogen-bond donors (Lipinski definition) is 1. The van der Waals surface area contributed by atoms with E-state index in [4.69, 9.17) is 17.5 Å². The molecule has 1 aliphatic heterocycles. The second kappa shape index (κ2) is 4.67. The standard InChI is InChI=1S/C5H11ClN2.Pt/c6-8-3-1-2-5(8)4-7;/h5H,1-4,7H2;. The zero-order valence-corrected chi connectivity index (χ0v) is 8.15. The van der Waals surface area contributed by atoms with Gasteiger partial charge in [-0.25, -0.2) is 4.42 Å². The van der Waals surface area contributed by atoms with Gasteiger partial charge in [0.15, 0.2) is 0 Å². The van der Waals surface area contributed by atoms with Gasteiger partial charge in [0.1, 0.15) is 0 Å². The Balaban J connectivity index is 0.000000640. The van der Waals surface area contributed by atoms with E-state index >= 15 is 0 Å². The number of halogens is 1. The number of nitrogens with zero attached hydrogens (tertiary/aromatic N) is 1. The molecule has 9 heavy (non-hydrogen) atoms. The SMILES string of the molecule is NCC1CCCN1Cl.[Pt]. The summed E-state index contributed by atoms with van der Waals surface area (Å²) in [5.74, 6) is 0. The molecule has 1 atom stereocenters. The van der Waals surface area contributed by atoms with E-state index < -0.39 is 0 Å². The molecule has 0 aromatic carbocycles. The molecule has 0 aliphatic carbocycles. The zero-order valence-electron chi connectivity index (χ0n) is 5.12. The Hall–Kier alpha value is 0.898. The Bertz CT molecular complexity index is 81.4. The molecular weight excluding hydrogens is 319 g/mol. The van der Waals surface area contributed by atoms with Gasteiger partial charge in [-0.2, -0.15) is 0 Å². The predicted molar refractivity (Wildman–Crippen MR) is 34.6 cm³/mol. The van der Waals surface area contributed by atoms with E-state index in [1.165, 1.54) is 12.8 Å². The van der Waals surface area contributed by atoms with E-state index in [1.54, 1.807) is 4.42 Å². The van der Waals surface area contributed by atoms with Crippen LogP contribution in [-0.4, -0.2) is 23.6 Å². The summed E-state index contributed by atoms with van der Waals surface area (Å²) >= 11 is 5.73. The van der Waals surface area contributed by atoms with Crippen molar-refractivity contribution in [2.45, 2.75) is 18.9 Å². The van der Waals surface area contributed by atoms with Crippen molar-refractivity contribution >= 4 is 11.8 Å². The minimum Gasteiger partial charge on any atom is -0.329 e. The topological polar surface area (TPSA) is 29.3 Å². The molecule has 2 N–H and O–H groups in total. The zero-order chi connectivity index (χ0) is 5.98. The van der Waals surface area contributed by atoms with Gasteiger partial charge in [-0.05, 0) is 24.6 Å². The smallest absolute Gasteiger partial charge is 0.0374 e. The first kappa shape index (κ1) is 9.90. The van der Waals surface area contributed by atoms with Crippen LogP contribution in [0.1, 0.15) is 12.8 Å². The molecule has 2 nitrogen and oxygen atoms in total. The third kappa shape index (κ3) is 2.55. The third-order valence-corrected chi connectivity index (χ3v) is 2.02. The first-order chi connectivity index (χ1) is 3.84. The molecule has 0 amide bonds. The molecule has 0 aromatic heterocycles. The van der Waals surface area contributed by atoms with Crippen LogP contribution in [0.3, 0.4) is 0 Å².